The van der Waals surface area contributed by atoms with E-state index in [4.69, 9.17) is 0 Å². The number of rotatable bonds is 6. The van der Waals surface area contributed by atoms with Gasteiger partial charge in [-0.25, -0.2) is 4.39 Å². The SMILES string of the molecule is CC(C)(C)N(CC(=O)Nc1ccc(F)cc1)C(=O)CN1CCN(c2ccccc2)CC1. The fraction of sp³-hybridized carbons (Fsp3) is 0.417. The average Bonchev–Trinajstić information content (AvgIpc) is 2.74. The molecule has 0 aliphatic carbocycles. The number of halogens is 1. The smallest absolute Gasteiger partial charge is 0.244 e. The van der Waals surface area contributed by atoms with Gasteiger partial charge in [-0.1, -0.05) is 18.2 Å². The Labute approximate surface area is 183 Å². The van der Waals surface area contributed by atoms with Crippen molar-refractivity contribution in [1.29, 1.82) is 0 Å². The largest absolute Gasteiger partial charge is 0.369 e. The molecule has 1 heterocycles. The van der Waals surface area contributed by atoms with Gasteiger partial charge in [0, 0.05) is 43.1 Å². The highest BCUT2D eigenvalue weighted by Gasteiger charge is 2.30. The number of hydrogen-bond acceptors (Lipinski definition) is 4. The highest BCUT2D eigenvalue weighted by Crippen LogP contribution is 2.18. The summed E-state index contributed by atoms with van der Waals surface area (Å²) in [7, 11) is 0. The molecule has 2 aromatic rings. The normalized spacial score (nSPS) is 14.9. The molecule has 2 amide bonds. The quantitative estimate of drug-likeness (QED) is 0.771. The highest BCUT2D eigenvalue weighted by atomic mass is 19.1. The molecule has 31 heavy (non-hydrogen) atoms. The van der Waals surface area contributed by atoms with E-state index in [1.165, 1.54) is 30.0 Å². The highest BCUT2D eigenvalue weighted by molar-refractivity contribution is 5.95. The Kier molecular flexibility index (Phi) is 7.28. The van der Waals surface area contributed by atoms with Crippen molar-refractivity contribution >= 4 is 23.2 Å². The Balaban J connectivity index is 1.55. The van der Waals surface area contributed by atoms with Gasteiger partial charge < -0.3 is 15.1 Å². The van der Waals surface area contributed by atoms with E-state index < -0.39 is 5.54 Å². The van der Waals surface area contributed by atoms with E-state index in [0.717, 1.165) is 26.2 Å². The molecule has 0 saturated carbocycles. The first-order chi connectivity index (χ1) is 14.7. The first-order valence-electron chi connectivity index (χ1n) is 10.6. The second-order valence-corrected chi connectivity index (χ2v) is 8.80. The summed E-state index contributed by atoms with van der Waals surface area (Å²) < 4.78 is 13.1. The predicted molar refractivity (Wildman–Crippen MR) is 122 cm³/mol. The molecule has 1 aliphatic heterocycles. The summed E-state index contributed by atoms with van der Waals surface area (Å²) in [4.78, 5) is 31.7. The summed E-state index contributed by atoms with van der Waals surface area (Å²) in [6.45, 7) is 9.29. The molecule has 1 aliphatic rings. The average molecular weight is 427 g/mol. The monoisotopic (exact) mass is 426 g/mol. The van der Waals surface area contributed by atoms with Gasteiger partial charge in [0.1, 0.15) is 12.4 Å². The molecule has 0 unspecified atom stereocenters. The predicted octanol–water partition coefficient (Wildman–Crippen LogP) is 3.21. The number of hydrogen-bond donors (Lipinski definition) is 1. The van der Waals surface area contributed by atoms with Crippen molar-refractivity contribution in [2.75, 3.05) is 49.5 Å². The zero-order valence-corrected chi connectivity index (χ0v) is 18.5. The topological polar surface area (TPSA) is 55.9 Å². The van der Waals surface area contributed by atoms with Gasteiger partial charge in [-0.3, -0.25) is 14.5 Å². The minimum Gasteiger partial charge on any atom is -0.369 e. The summed E-state index contributed by atoms with van der Waals surface area (Å²) in [5.41, 5.74) is 1.20. The third kappa shape index (κ3) is 6.52. The van der Waals surface area contributed by atoms with Crippen molar-refractivity contribution in [3.8, 4) is 0 Å². The van der Waals surface area contributed by atoms with Crippen LogP contribution in [0.5, 0.6) is 0 Å². The van der Waals surface area contributed by atoms with Crippen molar-refractivity contribution in [2.45, 2.75) is 26.3 Å². The third-order valence-corrected chi connectivity index (χ3v) is 5.39. The van der Waals surface area contributed by atoms with E-state index >= 15 is 0 Å². The van der Waals surface area contributed by atoms with Crippen molar-refractivity contribution in [1.82, 2.24) is 9.80 Å². The Morgan fingerprint density at radius 1 is 0.968 bits per heavy atom. The first kappa shape index (κ1) is 22.7. The van der Waals surface area contributed by atoms with Gasteiger partial charge in [-0.05, 0) is 57.2 Å². The van der Waals surface area contributed by atoms with E-state index in [1.54, 1.807) is 4.90 Å². The number of nitrogens with one attached hydrogen (secondary N) is 1. The van der Waals surface area contributed by atoms with Crippen molar-refractivity contribution < 1.29 is 14.0 Å². The second-order valence-electron chi connectivity index (χ2n) is 8.80. The summed E-state index contributed by atoms with van der Waals surface area (Å²) in [5.74, 6) is -0.740. The van der Waals surface area contributed by atoms with Crippen LogP contribution in [0.1, 0.15) is 20.8 Å². The van der Waals surface area contributed by atoms with E-state index in [0.29, 0.717) is 5.69 Å². The van der Waals surface area contributed by atoms with Gasteiger partial charge >= 0.3 is 0 Å². The number of nitrogens with zero attached hydrogens (tertiary/aromatic N) is 3. The molecule has 0 spiro atoms. The zero-order valence-electron chi connectivity index (χ0n) is 18.5. The van der Waals surface area contributed by atoms with Gasteiger partial charge in [0.05, 0.1) is 6.54 Å². The van der Waals surface area contributed by atoms with E-state index in [9.17, 15) is 14.0 Å². The van der Waals surface area contributed by atoms with Gasteiger partial charge in [0.15, 0.2) is 0 Å². The molecule has 1 N–H and O–H groups in total. The summed E-state index contributed by atoms with van der Waals surface area (Å²) in [6.07, 6.45) is 0. The van der Waals surface area contributed by atoms with E-state index in [-0.39, 0.29) is 30.7 Å². The molecule has 7 heteroatoms. The van der Waals surface area contributed by atoms with Crippen LogP contribution >= 0.6 is 0 Å². The Hall–Kier alpha value is -2.93. The van der Waals surface area contributed by atoms with E-state index in [2.05, 4.69) is 27.2 Å². The number of benzene rings is 2. The van der Waals surface area contributed by atoms with Crippen LogP contribution in [0.3, 0.4) is 0 Å². The van der Waals surface area contributed by atoms with E-state index in [1.807, 2.05) is 39.0 Å². The minimum atomic E-state index is -0.497. The van der Waals surface area contributed by atoms with Crippen LogP contribution < -0.4 is 10.2 Å². The van der Waals surface area contributed by atoms with Crippen molar-refractivity contribution in [2.24, 2.45) is 0 Å². The van der Waals surface area contributed by atoms with Crippen LogP contribution in [0.2, 0.25) is 0 Å². The molecule has 1 fully saturated rings. The summed E-state index contributed by atoms with van der Waals surface area (Å²) >= 11 is 0. The minimum absolute atomic E-state index is 0.0519. The molecule has 166 valence electrons. The lowest BCUT2D eigenvalue weighted by Crippen LogP contribution is -2.55. The molecular formula is C24H31FN4O2. The van der Waals surface area contributed by atoms with Crippen molar-refractivity contribution in [3.05, 3.63) is 60.4 Å². The Morgan fingerprint density at radius 2 is 1.58 bits per heavy atom. The molecule has 2 aromatic carbocycles. The fourth-order valence-corrected chi connectivity index (χ4v) is 3.66. The Bertz CT molecular complexity index is 873. The lowest BCUT2D eigenvalue weighted by Gasteiger charge is -2.39. The molecule has 0 aromatic heterocycles. The number of anilines is 2. The zero-order chi connectivity index (χ0) is 22.4. The summed E-state index contributed by atoms with van der Waals surface area (Å²) in [5, 5.41) is 2.73. The van der Waals surface area contributed by atoms with Crippen LogP contribution in [0.15, 0.2) is 54.6 Å². The molecule has 3 rings (SSSR count). The molecule has 1 saturated heterocycles. The number of carbonyl (C=O) groups is 2. The van der Waals surface area contributed by atoms with Crippen molar-refractivity contribution in [3.63, 3.8) is 0 Å². The van der Waals surface area contributed by atoms with Crippen LogP contribution in [0.25, 0.3) is 0 Å². The van der Waals surface area contributed by atoms with Gasteiger partial charge in [-0.15, -0.1) is 0 Å². The summed E-state index contributed by atoms with van der Waals surface area (Å²) in [6, 6.07) is 15.8. The lowest BCUT2D eigenvalue weighted by molar-refractivity contribution is -0.140. The van der Waals surface area contributed by atoms with Crippen LogP contribution in [0, 0.1) is 5.82 Å². The lowest BCUT2D eigenvalue weighted by atomic mass is 10.1. The second kappa shape index (κ2) is 9.92. The third-order valence-electron chi connectivity index (χ3n) is 5.39. The van der Waals surface area contributed by atoms with Crippen LogP contribution in [-0.4, -0.2) is 66.4 Å². The number of amides is 2. The number of para-hydroxylation sites is 1. The first-order valence-corrected chi connectivity index (χ1v) is 10.6. The number of carbonyl (C=O) groups excluding carboxylic acids is 2. The maximum absolute atomic E-state index is 13.1. The molecule has 6 nitrogen and oxygen atoms in total. The van der Waals surface area contributed by atoms with Gasteiger partial charge in [-0.2, -0.15) is 0 Å². The fourth-order valence-electron chi connectivity index (χ4n) is 3.66. The standard InChI is InChI=1S/C24H31FN4O2/c1-24(2,3)29(17-22(30)26-20-11-9-19(25)10-12-20)23(31)18-27-13-15-28(16-14-27)21-7-5-4-6-8-21/h4-12H,13-18H2,1-3H3,(H,26,30). The molecule has 0 bridgehead atoms. The number of piperazine rings is 1. The molecular weight excluding hydrogens is 395 g/mol. The maximum Gasteiger partial charge on any atom is 0.244 e. The van der Waals surface area contributed by atoms with Gasteiger partial charge in [0.25, 0.3) is 0 Å². The maximum atomic E-state index is 13.1. The van der Waals surface area contributed by atoms with Crippen LogP contribution in [-0.2, 0) is 9.59 Å². The Morgan fingerprint density at radius 3 is 2.16 bits per heavy atom. The van der Waals surface area contributed by atoms with Crippen LogP contribution in [0.4, 0.5) is 15.8 Å². The molecule has 0 radical (unpaired) electrons. The van der Waals surface area contributed by atoms with Gasteiger partial charge in [0.2, 0.25) is 11.8 Å². The molecule has 0 atom stereocenters.